The summed E-state index contributed by atoms with van der Waals surface area (Å²) in [5.74, 6) is 0.292. The Morgan fingerprint density at radius 1 is 1.12 bits per heavy atom. The minimum absolute atomic E-state index is 0.180. The van der Waals surface area contributed by atoms with Crippen LogP contribution in [0.25, 0.3) is 11.1 Å². The molecule has 0 aliphatic carbocycles. The van der Waals surface area contributed by atoms with Gasteiger partial charge in [0.15, 0.2) is 17.1 Å². The molecular weight excluding hydrogens is 442 g/mol. The van der Waals surface area contributed by atoms with Crippen molar-refractivity contribution in [3.8, 4) is 11.5 Å². The zero-order valence-corrected chi connectivity index (χ0v) is 18.9. The number of rotatable bonds is 6. The molecule has 1 aliphatic rings. The van der Waals surface area contributed by atoms with Gasteiger partial charge in [-0.05, 0) is 41.3 Å². The molecule has 33 heavy (non-hydrogen) atoms. The van der Waals surface area contributed by atoms with Crippen LogP contribution >= 0.6 is 11.3 Å². The van der Waals surface area contributed by atoms with Gasteiger partial charge in [0.2, 0.25) is 0 Å². The van der Waals surface area contributed by atoms with Crippen LogP contribution in [0.15, 0.2) is 74.3 Å². The van der Waals surface area contributed by atoms with E-state index < -0.39 is 5.76 Å². The fourth-order valence-corrected chi connectivity index (χ4v) is 4.74. The van der Waals surface area contributed by atoms with Crippen molar-refractivity contribution in [3.63, 3.8) is 0 Å². The van der Waals surface area contributed by atoms with Gasteiger partial charge < -0.3 is 13.9 Å². The van der Waals surface area contributed by atoms with E-state index >= 15 is 0 Å². The van der Waals surface area contributed by atoms with Crippen LogP contribution in [0.4, 0.5) is 0 Å². The number of carbonyl (C=O) groups excluding carboxylic acids is 1. The maximum absolute atomic E-state index is 13.4. The Morgan fingerprint density at radius 2 is 1.94 bits per heavy atom. The third kappa shape index (κ3) is 3.80. The van der Waals surface area contributed by atoms with Crippen LogP contribution < -0.4 is 15.2 Å². The second kappa shape index (κ2) is 8.59. The molecular formula is C24H21N3O5S. The van der Waals surface area contributed by atoms with E-state index in [4.69, 9.17) is 13.9 Å². The van der Waals surface area contributed by atoms with Crippen LogP contribution in [0.2, 0.25) is 0 Å². The van der Waals surface area contributed by atoms with Crippen molar-refractivity contribution in [2.45, 2.75) is 19.0 Å². The number of carbonyl (C=O) groups is 1. The first-order chi connectivity index (χ1) is 16.1. The van der Waals surface area contributed by atoms with E-state index in [2.05, 4.69) is 5.10 Å². The first-order valence-electron chi connectivity index (χ1n) is 10.3. The number of oxazole rings is 1. The summed E-state index contributed by atoms with van der Waals surface area (Å²) in [6.07, 6.45) is 0.544. The highest BCUT2D eigenvalue weighted by Crippen LogP contribution is 2.38. The molecule has 0 bridgehead atoms. The van der Waals surface area contributed by atoms with Crippen LogP contribution in [0.3, 0.4) is 0 Å². The van der Waals surface area contributed by atoms with Gasteiger partial charge in [0, 0.05) is 6.42 Å². The average molecular weight is 464 g/mol. The number of nitrogens with zero attached hydrogens (tertiary/aromatic N) is 3. The third-order valence-electron chi connectivity index (χ3n) is 5.63. The molecule has 2 aromatic carbocycles. The topological polar surface area (TPSA) is 86.3 Å². The summed E-state index contributed by atoms with van der Waals surface area (Å²) in [5.41, 5.74) is 2.69. The molecule has 9 heteroatoms. The lowest BCUT2D eigenvalue weighted by Gasteiger charge is -2.23. The van der Waals surface area contributed by atoms with Crippen LogP contribution in [-0.2, 0) is 11.3 Å². The summed E-state index contributed by atoms with van der Waals surface area (Å²) >= 11 is 1.57. The number of fused-ring (bicyclic) bond motifs is 1. The summed E-state index contributed by atoms with van der Waals surface area (Å²) in [4.78, 5) is 26.9. The zero-order valence-electron chi connectivity index (χ0n) is 18.1. The van der Waals surface area contributed by atoms with E-state index in [-0.39, 0.29) is 18.5 Å². The molecule has 0 spiro atoms. The normalized spacial score (nSPS) is 15.6. The lowest BCUT2D eigenvalue weighted by molar-refractivity contribution is -0.133. The third-order valence-corrected chi connectivity index (χ3v) is 6.55. The van der Waals surface area contributed by atoms with E-state index in [9.17, 15) is 9.59 Å². The van der Waals surface area contributed by atoms with Crippen molar-refractivity contribution in [2.24, 2.45) is 5.10 Å². The summed E-state index contributed by atoms with van der Waals surface area (Å²) in [6, 6.07) is 16.2. The zero-order chi connectivity index (χ0) is 22.9. The highest BCUT2D eigenvalue weighted by molar-refractivity contribution is 7.12. The number of ether oxygens (including phenoxy) is 2. The second-order valence-electron chi connectivity index (χ2n) is 7.52. The van der Waals surface area contributed by atoms with Gasteiger partial charge in [-0.25, -0.2) is 9.80 Å². The van der Waals surface area contributed by atoms with Crippen molar-refractivity contribution >= 4 is 34.1 Å². The van der Waals surface area contributed by atoms with E-state index in [0.29, 0.717) is 29.0 Å². The Kier molecular flexibility index (Phi) is 5.47. The maximum atomic E-state index is 13.4. The molecule has 3 heterocycles. The highest BCUT2D eigenvalue weighted by Gasteiger charge is 2.34. The number of aromatic nitrogens is 1. The first-order valence-corrected chi connectivity index (χ1v) is 11.2. The van der Waals surface area contributed by atoms with Gasteiger partial charge in [-0.2, -0.15) is 5.10 Å². The maximum Gasteiger partial charge on any atom is 0.420 e. The molecule has 5 rings (SSSR count). The first kappa shape index (κ1) is 21.0. The quantitative estimate of drug-likeness (QED) is 0.431. The number of benzene rings is 2. The monoisotopic (exact) mass is 463 g/mol. The van der Waals surface area contributed by atoms with Crippen LogP contribution in [-0.4, -0.2) is 35.4 Å². The Labute approximate surface area is 193 Å². The van der Waals surface area contributed by atoms with Crippen molar-refractivity contribution in [1.29, 1.82) is 0 Å². The number of methoxy groups -OCH3 is 2. The number of hydrogen-bond acceptors (Lipinski definition) is 7. The number of thiophene rings is 1. The Hall–Kier alpha value is -3.85. The molecule has 0 unspecified atom stereocenters. The summed E-state index contributed by atoms with van der Waals surface area (Å²) in [5, 5.41) is 8.11. The Balaban J connectivity index is 1.52. The van der Waals surface area contributed by atoms with Gasteiger partial charge in [0.05, 0.1) is 36.4 Å². The van der Waals surface area contributed by atoms with Crippen molar-refractivity contribution in [1.82, 2.24) is 9.58 Å². The largest absolute Gasteiger partial charge is 0.493 e. The van der Waals surface area contributed by atoms with E-state index in [1.807, 2.05) is 35.7 Å². The highest BCUT2D eigenvalue weighted by atomic mass is 32.1. The molecule has 1 amide bonds. The fourth-order valence-electron chi connectivity index (χ4n) is 4.02. The second-order valence-corrected chi connectivity index (χ2v) is 8.47. The molecule has 0 saturated carbocycles. The van der Waals surface area contributed by atoms with Gasteiger partial charge in [-0.3, -0.25) is 9.36 Å². The predicted octanol–water partition coefficient (Wildman–Crippen LogP) is 4.05. The molecule has 1 atom stereocenters. The smallest absolute Gasteiger partial charge is 0.420 e. The molecule has 0 saturated heterocycles. The minimum atomic E-state index is -0.575. The van der Waals surface area contributed by atoms with Gasteiger partial charge in [0.1, 0.15) is 6.54 Å². The van der Waals surface area contributed by atoms with Crippen LogP contribution in [0, 0.1) is 0 Å². The van der Waals surface area contributed by atoms with Crippen LogP contribution in [0.1, 0.15) is 22.9 Å². The number of amides is 1. The molecule has 4 aromatic rings. The number of hydrogen-bond donors (Lipinski definition) is 0. The van der Waals surface area contributed by atoms with Crippen molar-refractivity contribution in [2.75, 3.05) is 14.2 Å². The average Bonchev–Trinajstić information content (AvgIpc) is 3.58. The van der Waals surface area contributed by atoms with Gasteiger partial charge >= 0.3 is 5.76 Å². The van der Waals surface area contributed by atoms with Crippen molar-refractivity contribution in [3.05, 3.63) is 81.0 Å². The van der Waals surface area contributed by atoms with E-state index in [1.54, 1.807) is 49.8 Å². The van der Waals surface area contributed by atoms with Gasteiger partial charge in [-0.1, -0.05) is 24.3 Å². The minimum Gasteiger partial charge on any atom is -0.493 e. The molecule has 8 nitrogen and oxygen atoms in total. The summed E-state index contributed by atoms with van der Waals surface area (Å²) in [6.45, 7) is -0.180. The predicted molar refractivity (Wildman–Crippen MR) is 125 cm³/mol. The molecule has 168 valence electrons. The standard InChI is InChI=1S/C24H21N3O5S/c1-30-20-10-9-15(12-21(20)31-2)18-13-16(22-8-5-11-33-22)25-27(18)23(28)14-26-17-6-3-4-7-19(17)32-24(26)29/h3-12,18H,13-14H2,1-2H3/t18-/m1/s1. The molecule has 0 N–H and O–H groups in total. The molecule has 2 aromatic heterocycles. The lowest BCUT2D eigenvalue weighted by atomic mass is 10.0. The molecule has 0 radical (unpaired) electrons. The fraction of sp³-hybridized carbons (Fsp3) is 0.208. The van der Waals surface area contributed by atoms with E-state index in [0.717, 1.165) is 16.2 Å². The molecule has 1 aliphatic heterocycles. The Morgan fingerprint density at radius 3 is 2.70 bits per heavy atom. The number of hydrazone groups is 1. The summed E-state index contributed by atoms with van der Waals surface area (Å²) in [7, 11) is 3.15. The lowest BCUT2D eigenvalue weighted by Crippen LogP contribution is -2.32. The number of para-hydroxylation sites is 2. The van der Waals surface area contributed by atoms with Crippen molar-refractivity contribution < 1.29 is 18.7 Å². The van der Waals surface area contributed by atoms with Gasteiger partial charge in [0.25, 0.3) is 5.91 Å². The molecule has 0 fully saturated rings. The Bertz CT molecular complexity index is 1400. The van der Waals surface area contributed by atoms with Gasteiger partial charge in [-0.15, -0.1) is 11.3 Å². The van der Waals surface area contributed by atoms with E-state index in [1.165, 1.54) is 9.58 Å². The van der Waals surface area contributed by atoms with Crippen LogP contribution in [0.5, 0.6) is 11.5 Å². The summed E-state index contributed by atoms with van der Waals surface area (Å²) < 4.78 is 17.4. The SMILES string of the molecule is COc1ccc([C@H]2CC(c3cccs3)=NN2C(=O)Cn2c(=O)oc3ccccc32)cc1OC.